The first-order valence-electron chi connectivity index (χ1n) is 6.24. The highest BCUT2D eigenvalue weighted by Gasteiger charge is 2.06. The molecule has 4 heteroatoms. The number of anilines is 1. The molecular formula is C15H18N2O2. The van der Waals surface area contributed by atoms with Crippen LogP contribution in [0.25, 0.3) is 0 Å². The number of pyridine rings is 1. The zero-order valence-electron chi connectivity index (χ0n) is 11.4. The van der Waals surface area contributed by atoms with Gasteiger partial charge in [0.1, 0.15) is 5.75 Å². The average molecular weight is 258 g/mol. The van der Waals surface area contributed by atoms with E-state index < -0.39 is 0 Å². The minimum Gasteiger partial charge on any atom is -0.478 e. The van der Waals surface area contributed by atoms with E-state index in [0.29, 0.717) is 29.8 Å². The lowest BCUT2D eigenvalue weighted by Gasteiger charge is -2.11. The molecule has 0 spiro atoms. The number of benzene rings is 1. The number of aromatic nitrogens is 1. The topological polar surface area (TPSA) is 57.4 Å². The maximum Gasteiger partial charge on any atom is 0.222 e. The average Bonchev–Trinajstić information content (AvgIpc) is 2.37. The summed E-state index contributed by atoms with van der Waals surface area (Å²) in [5, 5.41) is 0. The van der Waals surface area contributed by atoms with Crippen molar-refractivity contribution in [2.75, 3.05) is 12.3 Å². The second-order valence-electron chi connectivity index (χ2n) is 4.32. The van der Waals surface area contributed by atoms with Gasteiger partial charge in [0.05, 0.1) is 6.61 Å². The van der Waals surface area contributed by atoms with Gasteiger partial charge in [-0.25, -0.2) is 0 Å². The molecule has 0 saturated carbocycles. The summed E-state index contributed by atoms with van der Waals surface area (Å²) >= 11 is 0. The molecule has 0 bridgehead atoms. The number of ether oxygens (including phenoxy) is 2. The summed E-state index contributed by atoms with van der Waals surface area (Å²) in [4.78, 5) is 4.27. The quantitative estimate of drug-likeness (QED) is 0.853. The van der Waals surface area contributed by atoms with Gasteiger partial charge in [-0.2, -0.15) is 4.98 Å². The zero-order chi connectivity index (χ0) is 13.8. The Morgan fingerprint density at radius 3 is 2.58 bits per heavy atom. The van der Waals surface area contributed by atoms with Crippen molar-refractivity contribution in [2.45, 2.75) is 20.8 Å². The lowest BCUT2D eigenvalue weighted by Crippen LogP contribution is -1.97. The molecule has 0 aliphatic heterocycles. The molecule has 0 aliphatic rings. The molecule has 2 rings (SSSR count). The van der Waals surface area contributed by atoms with Gasteiger partial charge >= 0.3 is 0 Å². The Kier molecular flexibility index (Phi) is 3.90. The third-order valence-corrected chi connectivity index (χ3v) is 2.77. The number of hydrogen-bond acceptors (Lipinski definition) is 4. The molecule has 0 aliphatic carbocycles. The van der Waals surface area contributed by atoms with Crippen LogP contribution in [0.2, 0.25) is 0 Å². The number of hydrogen-bond donors (Lipinski definition) is 1. The largest absolute Gasteiger partial charge is 0.478 e. The normalized spacial score (nSPS) is 10.3. The molecule has 1 heterocycles. The van der Waals surface area contributed by atoms with E-state index >= 15 is 0 Å². The third-order valence-electron chi connectivity index (χ3n) is 2.77. The van der Waals surface area contributed by atoms with Crippen LogP contribution in [0.15, 0.2) is 30.3 Å². The fraction of sp³-hybridized carbons (Fsp3) is 0.267. The van der Waals surface area contributed by atoms with Crippen molar-refractivity contribution >= 4 is 5.69 Å². The molecule has 100 valence electrons. The van der Waals surface area contributed by atoms with E-state index in [-0.39, 0.29) is 0 Å². The van der Waals surface area contributed by atoms with E-state index in [1.54, 1.807) is 12.1 Å². The Morgan fingerprint density at radius 2 is 1.84 bits per heavy atom. The Balaban J connectivity index is 2.25. The molecule has 19 heavy (non-hydrogen) atoms. The summed E-state index contributed by atoms with van der Waals surface area (Å²) in [6, 6.07) is 9.25. The second-order valence-corrected chi connectivity index (χ2v) is 4.32. The van der Waals surface area contributed by atoms with E-state index in [4.69, 9.17) is 15.2 Å². The van der Waals surface area contributed by atoms with E-state index in [0.717, 1.165) is 11.1 Å². The van der Waals surface area contributed by atoms with Crippen molar-refractivity contribution in [3.05, 3.63) is 41.5 Å². The molecule has 0 amide bonds. The molecule has 2 aromatic rings. The number of nitrogens with zero attached hydrogens (tertiary/aromatic N) is 1. The summed E-state index contributed by atoms with van der Waals surface area (Å²) < 4.78 is 11.1. The minimum absolute atomic E-state index is 0.498. The Morgan fingerprint density at radius 1 is 1.11 bits per heavy atom. The van der Waals surface area contributed by atoms with Crippen molar-refractivity contribution in [3.63, 3.8) is 0 Å². The molecule has 2 N–H and O–H groups in total. The molecule has 0 atom stereocenters. The molecule has 0 saturated heterocycles. The highest BCUT2D eigenvalue weighted by atomic mass is 16.5. The summed E-state index contributed by atoms with van der Waals surface area (Å²) in [5.74, 6) is 1.76. The third kappa shape index (κ3) is 3.16. The van der Waals surface area contributed by atoms with Gasteiger partial charge in [0.15, 0.2) is 0 Å². The monoisotopic (exact) mass is 258 g/mol. The molecule has 0 radical (unpaired) electrons. The fourth-order valence-electron chi connectivity index (χ4n) is 1.75. The number of aryl methyl sites for hydroxylation is 2. The molecular weight excluding hydrogens is 240 g/mol. The summed E-state index contributed by atoms with van der Waals surface area (Å²) in [6.07, 6.45) is 0. The summed E-state index contributed by atoms with van der Waals surface area (Å²) in [7, 11) is 0. The molecule has 4 nitrogen and oxygen atoms in total. The smallest absolute Gasteiger partial charge is 0.222 e. The van der Waals surface area contributed by atoms with Gasteiger partial charge in [-0.15, -0.1) is 0 Å². The van der Waals surface area contributed by atoms with Crippen LogP contribution in [-0.4, -0.2) is 11.6 Å². The predicted molar refractivity (Wildman–Crippen MR) is 75.8 cm³/mol. The van der Waals surface area contributed by atoms with Crippen LogP contribution in [0.1, 0.15) is 18.1 Å². The van der Waals surface area contributed by atoms with Crippen molar-refractivity contribution in [2.24, 2.45) is 0 Å². The zero-order valence-corrected chi connectivity index (χ0v) is 11.4. The first-order valence-corrected chi connectivity index (χ1v) is 6.24. The van der Waals surface area contributed by atoms with E-state index in [1.807, 2.05) is 39.0 Å². The molecule has 1 aromatic heterocycles. The highest BCUT2D eigenvalue weighted by Crippen LogP contribution is 2.28. The van der Waals surface area contributed by atoms with Crippen LogP contribution < -0.4 is 15.2 Å². The van der Waals surface area contributed by atoms with Gasteiger partial charge in [-0.1, -0.05) is 12.1 Å². The number of nitrogens with two attached hydrogens (primary N) is 1. The van der Waals surface area contributed by atoms with Crippen molar-refractivity contribution in [1.82, 2.24) is 4.98 Å². The van der Waals surface area contributed by atoms with Crippen LogP contribution in [0.5, 0.6) is 17.5 Å². The first-order chi connectivity index (χ1) is 9.10. The van der Waals surface area contributed by atoms with E-state index in [2.05, 4.69) is 4.98 Å². The second kappa shape index (κ2) is 5.61. The Hall–Kier alpha value is -2.23. The van der Waals surface area contributed by atoms with Crippen LogP contribution in [0, 0.1) is 13.8 Å². The minimum atomic E-state index is 0.498. The van der Waals surface area contributed by atoms with Gasteiger partial charge in [-0.3, -0.25) is 0 Å². The standard InChI is InChI=1S/C15H18N2O2/c1-4-18-14-6-5-7-15(17-14)19-13-9-12(16)10(2)8-11(13)3/h5-9H,4,16H2,1-3H3. The first kappa shape index (κ1) is 13.2. The number of rotatable bonds is 4. The SMILES string of the molecule is CCOc1cccc(Oc2cc(N)c(C)cc2C)n1. The maximum atomic E-state index is 5.90. The van der Waals surface area contributed by atoms with Crippen LogP contribution >= 0.6 is 0 Å². The summed E-state index contributed by atoms with van der Waals surface area (Å²) in [6.45, 7) is 6.45. The van der Waals surface area contributed by atoms with Crippen molar-refractivity contribution < 1.29 is 9.47 Å². The highest BCUT2D eigenvalue weighted by molar-refractivity contribution is 5.54. The summed E-state index contributed by atoms with van der Waals surface area (Å²) in [5.41, 5.74) is 8.67. The fourth-order valence-corrected chi connectivity index (χ4v) is 1.75. The van der Waals surface area contributed by atoms with Gasteiger partial charge in [-0.05, 0) is 31.9 Å². The van der Waals surface area contributed by atoms with Gasteiger partial charge < -0.3 is 15.2 Å². The van der Waals surface area contributed by atoms with Gasteiger partial charge in [0, 0.05) is 23.9 Å². The predicted octanol–water partition coefficient (Wildman–Crippen LogP) is 3.47. The van der Waals surface area contributed by atoms with Crippen molar-refractivity contribution in [1.29, 1.82) is 0 Å². The van der Waals surface area contributed by atoms with Crippen molar-refractivity contribution in [3.8, 4) is 17.5 Å². The van der Waals surface area contributed by atoms with Crippen LogP contribution in [0.4, 0.5) is 5.69 Å². The maximum absolute atomic E-state index is 5.90. The van der Waals surface area contributed by atoms with E-state index in [1.165, 1.54) is 0 Å². The lowest BCUT2D eigenvalue weighted by atomic mass is 10.1. The Labute approximate surface area is 113 Å². The van der Waals surface area contributed by atoms with Crippen LogP contribution in [-0.2, 0) is 0 Å². The molecule has 1 aromatic carbocycles. The molecule has 0 fully saturated rings. The lowest BCUT2D eigenvalue weighted by molar-refractivity contribution is 0.321. The molecule has 0 unspecified atom stereocenters. The number of nitrogen functional groups attached to an aromatic ring is 1. The van der Waals surface area contributed by atoms with Gasteiger partial charge in [0.25, 0.3) is 0 Å². The van der Waals surface area contributed by atoms with E-state index in [9.17, 15) is 0 Å². The van der Waals surface area contributed by atoms with Crippen LogP contribution in [0.3, 0.4) is 0 Å². The van der Waals surface area contributed by atoms with Gasteiger partial charge in [0.2, 0.25) is 11.8 Å². The Bertz CT molecular complexity index is 582.